The number of piperidine rings is 1. The first-order valence-electron chi connectivity index (χ1n) is 10.8. The molecule has 2 aliphatic rings. The average Bonchev–Trinajstić information content (AvgIpc) is 2.81. The molecule has 0 aliphatic carbocycles. The minimum absolute atomic E-state index is 0.116. The fraction of sp³-hybridized carbons (Fsp3) is 0.435. The van der Waals surface area contributed by atoms with E-state index in [2.05, 4.69) is 4.90 Å². The maximum atomic E-state index is 13.0. The monoisotopic (exact) mass is 495 g/mol. The maximum absolute atomic E-state index is 13.0. The molecule has 0 bridgehead atoms. The number of hydrogen-bond acceptors (Lipinski definition) is 4. The molecule has 0 atom stereocenters. The molecule has 0 N–H and O–H groups in total. The summed E-state index contributed by atoms with van der Waals surface area (Å²) in [7, 11) is -3.50. The highest BCUT2D eigenvalue weighted by atomic mass is 35.5. The Hall–Kier alpha value is -1.64. The summed E-state index contributed by atoms with van der Waals surface area (Å²) in [6, 6.07) is 14.0. The van der Waals surface area contributed by atoms with E-state index in [1.807, 2.05) is 17.0 Å². The molecule has 0 unspecified atom stereocenters. The lowest BCUT2D eigenvalue weighted by molar-refractivity contribution is -0.138. The van der Waals surface area contributed by atoms with E-state index in [1.165, 1.54) is 4.31 Å². The Morgan fingerprint density at radius 3 is 2.19 bits per heavy atom. The third-order valence-electron chi connectivity index (χ3n) is 6.28. The van der Waals surface area contributed by atoms with Crippen LogP contribution in [-0.2, 0) is 21.4 Å². The number of hydrogen-bond donors (Lipinski definition) is 0. The van der Waals surface area contributed by atoms with Crippen LogP contribution in [0.1, 0.15) is 18.4 Å². The van der Waals surface area contributed by atoms with E-state index < -0.39 is 10.0 Å². The lowest BCUT2D eigenvalue weighted by Gasteiger charge is -2.38. The Labute approximate surface area is 199 Å². The molecular weight excluding hydrogens is 469 g/mol. The van der Waals surface area contributed by atoms with Crippen molar-refractivity contribution in [3.8, 4) is 0 Å². The van der Waals surface area contributed by atoms with Gasteiger partial charge in [-0.2, -0.15) is 4.31 Å². The largest absolute Gasteiger partial charge is 0.340 e. The van der Waals surface area contributed by atoms with Crippen molar-refractivity contribution in [2.45, 2.75) is 24.3 Å². The van der Waals surface area contributed by atoms with Gasteiger partial charge < -0.3 is 4.90 Å². The van der Waals surface area contributed by atoms with Gasteiger partial charge in [0.15, 0.2) is 0 Å². The normalized spacial score (nSPS) is 19.2. The number of halogens is 2. The lowest BCUT2D eigenvalue weighted by Crippen LogP contribution is -2.51. The second-order valence-electron chi connectivity index (χ2n) is 8.33. The predicted octanol–water partition coefficient (Wildman–Crippen LogP) is 3.74. The van der Waals surface area contributed by atoms with Crippen molar-refractivity contribution in [2.24, 2.45) is 5.92 Å². The van der Waals surface area contributed by atoms with Crippen molar-refractivity contribution in [1.82, 2.24) is 14.1 Å². The first-order chi connectivity index (χ1) is 15.3. The molecule has 32 heavy (non-hydrogen) atoms. The van der Waals surface area contributed by atoms with Gasteiger partial charge in [0.1, 0.15) is 0 Å². The van der Waals surface area contributed by atoms with Gasteiger partial charge in [-0.15, -0.1) is 0 Å². The van der Waals surface area contributed by atoms with Gasteiger partial charge >= 0.3 is 0 Å². The second-order valence-corrected chi connectivity index (χ2v) is 11.1. The molecule has 0 saturated carbocycles. The van der Waals surface area contributed by atoms with E-state index in [-0.39, 0.29) is 11.8 Å². The van der Waals surface area contributed by atoms with Crippen LogP contribution in [-0.4, -0.2) is 67.7 Å². The zero-order valence-electron chi connectivity index (χ0n) is 17.8. The molecule has 0 radical (unpaired) electrons. The third kappa shape index (κ3) is 5.29. The first-order valence-corrected chi connectivity index (χ1v) is 13.0. The summed E-state index contributed by atoms with van der Waals surface area (Å²) in [5.74, 6) is 0.0282. The van der Waals surface area contributed by atoms with Crippen molar-refractivity contribution in [1.29, 1.82) is 0 Å². The molecule has 9 heteroatoms. The van der Waals surface area contributed by atoms with Crippen LogP contribution < -0.4 is 0 Å². The second kappa shape index (κ2) is 10.1. The van der Waals surface area contributed by atoms with Crippen LogP contribution in [0.4, 0.5) is 0 Å². The predicted molar refractivity (Wildman–Crippen MR) is 126 cm³/mol. The summed E-state index contributed by atoms with van der Waals surface area (Å²) >= 11 is 12.3. The molecule has 6 nitrogen and oxygen atoms in total. The number of rotatable bonds is 5. The molecule has 2 aliphatic heterocycles. The molecule has 4 rings (SSSR count). The van der Waals surface area contributed by atoms with Gasteiger partial charge in [0.2, 0.25) is 15.9 Å². The van der Waals surface area contributed by atoms with E-state index in [0.717, 1.165) is 25.2 Å². The lowest BCUT2D eigenvalue weighted by atomic mass is 9.96. The minimum atomic E-state index is -3.50. The number of sulfonamides is 1. The summed E-state index contributed by atoms with van der Waals surface area (Å²) in [6.07, 6.45) is 1.12. The van der Waals surface area contributed by atoms with E-state index >= 15 is 0 Å². The van der Waals surface area contributed by atoms with E-state index in [9.17, 15) is 13.2 Å². The Bertz CT molecular complexity index is 1050. The molecule has 2 saturated heterocycles. The number of carbonyl (C=O) groups excluding carboxylic acids is 1. The number of benzene rings is 2. The molecule has 2 fully saturated rings. The topological polar surface area (TPSA) is 60.9 Å². The first kappa shape index (κ1) is 23.5. The van der Waals surface area contributed by atoms with Gasteiger partial charge in [0, 0.05) is 61.8 Å². The maximum Gasteiger partial charge on any atom is 0.243 e. The van der Waals surface area contributed by atoms with Crippen LogP contribution in [0, 0.1) is 5.92 Å². The highest BCUT2D eigenvalue weighted by Crippen LogP contribution is 2.26. The van der Waals surface area contributed by atoms with Crippen LogP contribution in [0.2, 0.25) is 10.0 Å². The Balaban J connectivity index is 1.27. The molecule has 172 valence electrons. The minimum Gasteiger partial charge on any atom is -0.340 e. The summed E-state index contributed by atoms with van der Waals surface area (Å²) in [5.41, 5.74) is 1.03. The quantitative estimate of drug-likeness (QED) is 0.633. The van der Waals surface area contributed by atoms with E-state index in [1.54, 1.807) is 36.4 Å². The van der Waals surface area contributed by atoms with Gasteiger partial charge in [-0.25, -0.2) is 8.42 Å². The van der Waals surface area contributed by atoms with Crippen LogP contribution >= 0.6 is 23.2 Å². The van der Waals surface area contributed by atoms with Gasteiger partial charge in [-0.05, 0) is 42.7 Å². The summed E-state index contributed by atoms with van der Waals surface area (Å²) < 4.78 is 27.1. The number of nitrogens with zero attached hydrogens (tertiary/aromatic N) is 3. The molecule has 0 aromatic heterocycles. The fourth-order valence-corrected chi connectivity index (χ4v) is 6.32. The molecule has 0 spiro atoms. The van der Waals surface area contributed by atoms with Crippen molar-refractivity contribution in [3.05, 3.63) is 64.1 Å². The average molecular weight is 496 g/mol. The van der Waals surface area contributed by atoms with Gasteiger partial charge in [0.05, 0.1) is 4.90 Å². The highest BCUT2D eigenvalue weighted by molar-refractivity contribution is 7.89. The molecule has 1 amide bonds. The van der Waals surface area contributed by atoms with Crippen LogP contribution in [0.3, 0.4) is 0 Å². The van der Waals surface area contributed by atoms with Crippen LogP contribution in [0.15, 0.2) is 53.4 Å². The number of amides is 1. The van der Waals surface area contributed by atoms with Crippen molar-refractivity contribution in [2.75, 3.05) is 39.3 Å². The van der Waals surface area contributed by atoms with Gasteiger partial charge in [-0.1, -0.05) is 47.5 Å². The Kier molecular flexibility index (Phi) is 7.42. The highest BCUT2D eigenvalue weighted by Gasteiger charge is 2.34. The smallest absolute Gasteiger partial charge is 0.243 e. The van der Waals surface area contributed by atoms with Gasteiger partial charge in [0.25, 0.3) is 0 Å². The van der Waals surface area contributed by atoms with Crippen molar-refractivity contribution >= 4 is 39.1 Å². The number of piperazine rings is 1. The SMILES string of the molecule is O=C(C1CCN(S(=O)(=O)c2ccccc2)CC1)N1CCN(Cc2ccc(Cl)cc2Cl)CC1. The van der Waals surface area contributed by atoms with Gasteiger partial charge in [-0.3, -0.25) is 9.69 Å². The summed E-state index contributed by atoms with van der Waals surface area (Å²) in [5, 5.41) is 1.28. The molecule has 2 heterocycles. The third-order valence-corrected chi connectivity index (χ3v) is 8.78. The molecular formula is C23H27Cl2N3O3S. The summed E-state index contributed by atoms with van der Waals surface area (Å²) in [4.78, 5) is 17.6. The zero-order valence-corrected chi connectivity index (χ0v) is 20.1. The van der Waals surface area contributed by atoms with Crippen LogP contribution in [0.25, 0.3) is 0 Å². The molecule has 2 aromatic carbocycles. The standard InChI is InChI=1S/C23H27Cl2N3O3S/c24-20-7-6-19(22(25)16-20)17-26-12-14-27(15-13-26)23(29)18-8-10-28(11-9-18)32(30,31)21-4-2-1-3-5-21/h1-7,16,18H,8-15,17H2. The van der Waals surface area contributed by atoms with Crippen molar-refractivity contribution < 1.29 is 13.2 Å². The fourth-order valence-electron chi connectivity index (χ4n) is 4.36. The zero-order chi connectivity index (χ0) is 22.7. The van der Waals surface area contributed by atoms with Crippen LogP contribution in [0.5, 0.6) is 0 Å². The molecule has 2 aromatic rings. The Morgan fingerprint density at radius 1 is 0.906 bits per heavy atom. The van der Waals surface area contributed by atoms with Crippen molar-refractivity contribution in [3.63, 3.8) is 0 Å². The van der Waals surface area contributed by atoms with E-state index in [4.69, 9.17) is 23.2 Å². The van der Waals surface area contributed by atoms with E-state index in [0.29, 0.717) is 54.0 Å². The number of carbonyl (C=O) groups is 1. The Morgan fingerprint density at radius 2 is 1.56 bits per heavy atom. The summed E-state index contributed by atoms with van der Waals surface area (Å²) in [6.45, 7) is 4.40.